The molecule has 1 N–H and O–H groups in total. The molecule has 0 saturated carbocycles. The number of benzene rings is 2. The van der Waals surface area contributed by atoms with Gasteiger partial charge in [-0.15, -0.1) is 0 Å². The standard InChI is InChI=1S/C16H17F2NO/c1-11(12-6-8-14(17)9-7-12)19-10-13-4-3-5-15(20-2)16(13)18/h3-9,11,19H,10H2,1-2H3. The van der Waals surface area contributed by atoms with Gasteiger partial charge in [-0.1, -0.05) is 24.3 Å². The van der Waals surface area contributed by atoms with Gasteiger partial charge in [0.25, 0.3) is 0 Å². The zero-order valence-corrected chi connectivity index (χ0v) is 11.5. The first kappa shape index (κ1) is 14.5. The highest BCUT2D eigenvalue weighted by Crippen LogP contribution is 2.21. The summed E-state index contributed by atoms with van der Waals surface area (Å²) < 4.78 is 31.8. The average molecular weight is 277 g/mol. The SMILES string of the molecule is COc1cccc(CNC(C)c2ccc(F)cc2)c1F. The Balaban J connectivity index is 2.03. The number of hydrogen-bond acceptors (Lipinski definition) is 2. The highest BCUT2D eigenvalue weighted by Gasteiger charge is 2.10. The normalized spacial score (nSPS) is 12.2. The van der Waals surface area contributed by atoms with E-state index in [4.69, 9.17) is 4.74 Å². The van der Waals surface area contributed by atoms with Gasteiger partial charge in [-0.25, -0.2) is 8.78 Å². The van der Waals surface area contributed by atoms with Crippen molar-refractivity contribution < 1.29 is 13.5 Å². The Labute approximate surface area is 117 Å². The van der Waals surface area contributed by atoms with Gasteiger partial charge in [-0.2, -0.15) is 0 Å². The molecule has 0 aliphatic rings. The highest BCUT2D eigenvalue weighted by molar-refractivity contribution is 5.31. The topological polar surface area (TPSA) is 21.3 Å². The van der Waals surface area contributed by atoms with Crippen LogP contribution >= 0.6 is 0 Å². The molecular formula is C16H17F2NO. The van der Waals surface area contributed by atoms with Crippen LogP contribution in [0.25, 0.3) is 0 Å². The number of nitrogens with one attached hydrogen (secondary N) is 1. The Morgan fingerprint density at radius 1 is 1.10 bits per heavy atom. The van der Waals surface area contributed by atoms with Crippen LogP contribution in [0, 0.1) is 11.6 Å². The minimum atomic E-state index is -0.353. The first-order valence-electron chi connectivity index (χ1n) is 6.42. The summed E-state index contributed by atoms with van der Waals surface area (Å²) in [5.74, 6) is -0.382. The number of rotatable bonds is 5. The second-order valence-corrected chi connectivity index (χ2v) is 4.59. The largest absolute Gasteiger partial charge is 0.494 e. The first-order chi connectivity index (χ1) is 9.61. The summed E-state index contributed by atoms with van der Waals surface area (Å²) in [5, 5.41) is 3.21. The number of ether oxygens (including phenoxy) is 1. The molecule has 0 saturated heterocycles. The second-order valence-electron chi connectivity index (χ2n) is 4.59. The van der Waals surface area contributed by atoms with Crippen molar-refractivity contribution in [2.45, 2.75) is 19.5 Å². The molecule has 0 bridgehead atoms. The van der Waals surface area contributed by atoms with Crippen LogP contribution in [0.3, 0.4) is 0 Å². The summed E-state index contributed by atoms with van der Waals surface area (Å²) >= 11 is 0. The summed E-state index contributed by atoms with van der Waals surface area (Å²) in [6.45, 7) is 2.33. The van der Waals surface area contributed by atoms with Crippen LogP contribution in [-0.2, 0) is 6.54 Å². The van der Waals surface area contributed by atoms with Crippen LogP contribution in [-0.4, -0.2) is 7.11 Å². The first-order valence-corrected chi connectivity index (χ1v) is 6.42. The van der Waals surface area contributed by atoms with E-state index >= 15 is 0 Å². The van der Waals surface area contributed by atoms with Gasteiger partial charge in [0.1, 0.15) is 5.82 Å². The van der Waals surface area contributed by atoms with Gasteiger partial charge in [-0.3, -0.25) is 0 Å². The Morgan fingerprint density at radius 3 is 2.45 bits per heavy atom. The molecule has 2 rings (SSSR count). The lowest BCUT2D eigenvalue weighted by atomic mass is 10.1. The fourth-order valence-corrected chi connectivity index (χ4v) is 1.98. The predicted octanol–water partition coefficient (Wildman–Crippen LogP) is 3.82. The van der Waals surface area contributed by atoms with E-state index in [2.05, 4.69) is 5.32 Å². The van der Waals surface area contributed by atoms with Gasteiger partial charge < -0.3 is 10.1 Å². The minimum Gasteiger partial charge on any atom is -0.494 e. The van der Waals surface area contributed by atoms with Crippen LogP contribution < -0.4 is 10.1 Å². The maximum atomic E-state index is 14.0. The van der Waals surface area contributed by atoms with Gasteiger partial charge in [0.05, 0.1) is 7.11 Å². The smallest absolute Gasteiger partial charge is 0.169 e. The molecule has 1 atom stereocenters. The third kappa shape index (κ3) is 3.33. The van der Waals surface area contributed by atoms with Crippen LogP contribution in [0.5, 0.6) is 5.75 Å². The third-order valence-corrected chi connectivity index (χ3v) is 3.23. The lowest BCUT2D eigenvalue weighted by Gasteiger charge is -2.15. The van der Waals surface area contributed by atoms with Crippen LogP contribution in [0.4, 0.5) is 8.78 Å². The zero-order valence-electron chi connectivity index (χ0n) is 11.5. The molecule has 2 aromatic carbocycles. The van der Waals surface area contributed by atoms with Crippen molar-refractivity contribution in [1.82, 2.24) is 5.32 Å². The third-order valence-electron chi connectivity index (χ3n) is 3.23. The number of halogens is 2. The maximum absolute atomic E-state index is 14.0. The summed E-state index contributed by atoms with van der Waals surface area (Å²) in [5.41, 5.74) is 1.49. The summed E-state index contributed by atoms with van der Waals surface area (Å²) in [7, 11) is 1.44. The second kappa shape index (κ2) is 6.48. The Morgan fingerprint density at radius 2 is 1.80 bits per heavy atom. The van der Waals surface area contributed by atoms with Gasteiger partial charge in [-0.05, 0) is 30.7 Å². The van der Waals surface area contributed by atoms with Crippen molar-refractivity contribution in [2.75, 3.05) is 7.11 Å². The zero-order chi connectivity index (χ0) is 14.5. The van der Waals surface area contributed by atoms with E-state index in [1.807, 2.05) is 6.92 Å². The fourth-order valence-electron chi connectivity index (χ4n) is 1.98. The number of methoxy groups -OCH3 is 1. The van der Waals surface area contributed by atoms with Crippen molar-refractivity contribution in [3.05, 3.63) is 65.2 Å². The molecule has 2 nitrogen and oxygen atoms in total. The summed E-state index contributed by atoms with van der Waals surface area (Å²) in [6, 6.07) is 11.3. The summed E-state index contributed by atoms with van der Waals surface area (Å²) in [4.78, 5) is 0. The average Bonchev–Trinajstić information content (AvgIpc) is 2.46. The Kier molecular flexibility index (Phi) is 4.69. The molecule has 0 spiro atoms. The maximum Gasteiger partial charge on any atom is 0.169 e. The van der Waals surface area contributed by atoms with E-state index in [0.29, 0.717) is 12.1 Å². The Hall–Kier alpha value is -1.94. The lowest BCUT2D eigenvalue weighted by molar-refractivity contribution is 0.382. The van der Waals surface area contributed by atoms with E-state index in [1.165, 1.54) is 19.2 Å². The molecule has 0 radical (unpaired) electrons. The molecule has 2 aromatic rings. The van der Waals surface area contributed by atoms with Crippen LogP contribution in [0.2, 0.25) is 0 Å². The van der Waals surface area contributed by atoms with Crippen molar-refractivity contribution in [3.8, 4) is 5.75 Å². The molecule has 0 aliphatic carbocycles. The van der Waals surface area contributed by atoms with Crippen molar-refractivity contribution in [1.29, 1.82) is 0 Å². The highest BCUT2D eigenvalue weighted by atomic mass is 19.1. The molecule has 0 amide bonds. The predicted molar refractivity (Wildman–Crippen MR) is 74.6 cm³/mol. The molecule has 1 unspecified atom stereocenters. The van der Waals surface area contributed by atoms with Gasteiger partial charge in [0, 0.05) is 18.2 Å². The van der Waals surface area contributed by atoms with Crippen molar-refractivity contribution in [2.24, 2.45) is 0 Å². The molecule has 20 heavy (non-hydrogen) atoms. The Bertz CT molecular complexity index is 569. The fraction of sp³-hybridized carbons (Fsp3) is 0.250. The monoisotopic (exact) mass is 277 g/mol. The van der Waals surface area contributed by atoms with Crippen molar-refractivity contribution in [3.63, 3.8) is 0 Å². The van der Waals surface area contributed by atoms with Gasteiger partial charge >= 0.3 is 0 Å². The van der Waals surface area contributed by atoms with E-state index in [0.717, 1.165) is 5.56 Å². The summed E-state index contributed by atoms with van der Waals surface area (Å²) in [6.07, 6.45) is 0. The molecule has 0 aliphatic heterocycles. The minimum absolute atomic E-state index is 0.00111. The number of hydrogen-bond donors (Lipinski definition) is 1. The van der Waals surface area contributed by atoms with E-state index in [-0.39, 0.29) is 23.4 Å². The van der Waals surface area contributed by atoms with Crippen molar-refractivity contribution >= 4 is 0 Å². The van der Waals surface area contributed by atoms with Crippen LogP contribution in [0.1, 0.15) is 24.1 Å². The quantitative estimate of drug-likeness (QED) is 0.897. The van der Waals surface area contributed by atoms with Gasteiger partial charge in [0.15, 0.2) is 11.6 Å². The van der Waals surface area contributed by atoms with E-state index in [1.54, 1.807) is 30.3 Å². The van der Waals surface area contributed by atoms with E-state index < -0.39 is 0 Å². The molecule has 0 aromatic heterocycles. The van der Waals surface area contributed by atoms with E-state index in [9.17, 15) is 8.78 Å². The molecule has 4 heteroatoms. The molecule has 0 heterocycles. The molecular weight excluding hydrogens is 260 g/mol. The van der Waals surface area contributed by atoms with Crippen LogP contribution in [0.15, 0.2) is 42.5 Å². The van der Waals surface area contributed by atoms with Gasteiger partial charge in [0.2, 0.25) is 0 Å². The molecule has 0 fully saturated rings. The molecule has 106 valence electrons. The lowest BCUT2D eigenvalue weighted by Crippen LogP contribution is -2.19.